The highest BCUT2D eigenvalue weighted by Gasteiger charge is 2.23. The van der Waals surface area contributed by atoms with Crippen molar-refractivity contribution in [2.24, 2.45) is 5.92 Å². The van der Waals surface area contributed by atoms with Crippen molar-refractivity contribution in [3.63, 3.8) is 0 Å². The number of benzene rings is 2. The maximum atomic E-state index is 12.3. The molecule has 0 fully saturated rings. The zero-order chi connectivity index (χ0) is 20.8. The first-order valence-corrected chi connectivity index (χ1v) is 9.86. The van der Waals surface area contributed by atoms with Crippen molar-refractivity contribution in [1.82, 2.24) is 9.97 Å². The monoisotopic (exact) mass is 414 g/mol. The van der Waals surface area contributed by atoms with Crippen LogP contribution in [0.1, 0.15) is 26.0 Å². The van der Waals surface area contributed by atoms with Crippen molar-refractivity contribution in [1.29, 1.82) is 0 Å². The van der Waals surface area contributed by atoms with Crippen LogP contribution in [0.25, 0.3) is 11.0 Å². The van der Waals surface area contributed by atoms with E-state index in [1.807, 2.05) is 25.1 Å². The molecule has 3 aromatic rings. The molecule has 0 aliphatic heterocycles. The molecule has 0 spiro atoms. The summed E-state index contributed by atoms with van der Waals surface area (Å²) in [6, 6.07) is 12.5. The van der Waals surface area contributed by atoms with Gasteiger partial charge in [-0.1, -0.05) is 24.6 Å². The number of carbonyl (C=O) groups excluding carboxylic acids is 1. The van der Waals surface area contributed by atoms with Crippen LogP contribution in [0.15, 0.2) is 42.5 Å². The lowest BCUT2D eigenvalue weighted by molar-refractivity contribution is -0.148. The summed E-state index contributed by atoms with van der Waals surface area (Å²) >= 11 is 6.11. The SMILES string of the molecule is CCOC(=O)C(CC)Cc1nc2cc(Cl)ccc2nc1Oc1cccc(OC)c1. The molecule has 0 amide bonds. The molecule has 7 heteroatoms. The number of rotatable bonds is 8. The Morgan fingerprint density at radius 3 is 2.59 bits per heavy atom. The summed E-state index contributed by atoms with van der Waals surface area (Å²) in [5.41, 5.74) is 1.87. The Bertz CT molecular complexity index is 1010. The van der Waals surface area contributed by atoms with Gasteiger partial charge in [0, 0.05) is 17.5 Å². The van der Waals surface area contributed by atoms with Crippen LogP contribution in [0, 0.1) is 5.92 Å². The van der Waals surface area contributed by atoms with E-state index in [4.69, 9.17) is 30.8 Å². The van der Waals surface area contributed by atoms with Crippen molar-refractivity contribution < 1.29 is 19.0 Å². The topological polar surface area (TPSA) is 70.5 Å². The quantitative estimate of drug-likeness (QED) is 0.471. The minimum Gasteiger partial charge on any atom is -0.497 e. The highest BCUT2D eigenvalue weighted by Crippen LogP contribution is 2.30. The van der Waals surface area contributed by atoms with Crippen LogP contribution >= 0.6 is 11.6 Å². The van der Waals surface area contributed by atoms with Gasteiger partial charge in [0.15, 0.2) is 0 Å². The van der Waals surface area contributed by atoms with Crippen LogP contribution in [-0.4, -0.2) is 29.7 Å². The fourth-order valence-electron chi connectivity index (χ4n) is 2.93. The van der Waals surface area contributed by atoms with Crippen molar-refractivity contribution in [2.45, 2.75) is 26.7 Å². The second-order valence-electron chi connectivity index (χ2n) is 6.45. The normalized spacial score (nSPS) is 11.9. The standard InChI is InChI=1S/C22H23ClN2O4/c1-4-14(22(26)28-5-2)11-20-21(29-17-8-6-7-16(13-17)27-3)25-18-10-9-15(23)12-19(18)24-20/h6-10,12-14H,4-5,11H2,1-3H3. The van der Waals surface area contributed by atoms with Gasteiger partial charge in [-0.15, -0.1) is 0 Å². The summed E-state index contributed by atoms with van der Waals surface area (Å²) in [6.07, 6.45) is 0.969. The van der Waals surface area contributed by atoms with Crippen LogP contribution in [0.5, 0.6) is 17.4 Å². The van der Waals surface area contributed by atoms with Crippen LogP contribution in [0.2, 0.25) is 5.02 Å². The minimum absolute atomic E-state index is 0.254. The Morgan fingerprint density at radius 1 is 1.07 bits per heavy atom. The van der Waals surface area contributed by atoms with Crippen molar-refractivity contribution >= 4 is 28.6 Å². The number of methoxy groups -OCH3 is 1. The Hall–Kier alpha value is -2.86. The number of fused-ring (bicyclic) bond motifs is 1. The van der Waals surface area contributed by atoms with Crippen molar-refractivity contribution in [3.8, 4) is 17.4 Å². The molecule has 0 bridgehead atoms. The molecule has 0 aliphatic rings. The second kappa shape index (κ2) is 9.56. The average molecular weight is 415 g/mol. The molecule has 152 valence electrons. The third-order valence-electron chi connectivity index (χ3n) is 4.47. The molecule has 1 aromatic heterocycles. The van der Waals surface area contributed by atoms with Crippen LogP contribution in [0.4, 0.5) is 0 Å². The van der Waals surface area contributed by atoms with Gasteiger partial charge in [-0.05, 0) is 43.7 Å². The molecular formula is C22H23ClN2O4. The summed E-state index contributed by atoms with van der Waals surface area (Å²) in [5, 5.41) is 0.566. The molecule has 2 aromatic carbocycles. The number of hydrogen-bond donors (Lipinski definition) is 0. The van der Waals surface area contributed by atoms with Gasteiger partial charge < -0.3 is 14.2 Å². The fourth-order valence-corrected chi connectivity index (χ4v) is 3.09. The lowest BCUT2D eigenvalue weighted by Crippen LogP contribution is -2.20. The molecule has 0 N–H and O–H groups in total. The molecule has 6 nitrogen and oxygen atoms in total. The zero-order valence-electron chi connectivity index (χ0n) is 16.6. The van der Waals surface area contributed by atoms with Gasteiger partial charge in [-0.25, -0.2) is 9.97 Å². The summed E-state index contributed by atoms with van der Waals surface area (Å²) in [6.45, 7) is 4.07. The maximum Gasteiger partial charge on any atom is 0.309 e. The second-order valence-corrected chi connectivity index (χ2v) is 6.89. The number of esters is 1. The summed E-state index contributed by atoms with van der Waals surface area (Å²) in [5.74, 6) is 0.986. The molecule has 0 saturated carbocycles. The number of carbonyl (C=O) groups is 1. The third-order valence-corrected chi connectivity index (χ3v) is 4.71. The van der Waals surface area contributed by atoms with Crippen molar-refractivity contribution in [3.05, 3.63) is 53.2 Å². The molecular weight excluding hydrogens is 392 g/mol. The Labute approximate surface area is 174 Å². The fraction of sp³-hybridized carbons (Fsp3) is 0.318. The Morgan fingerprint density at radius 2 is 1.86 bits per heavy atom. The van der Waals surface area contributed by atoms with Gasteiger partial charge in [0.25, 0.3) is 0 Å². The Balaban J connectivity index is 2.02. The highest BCUT2D eigenvalue weighted by atomic mass is 35.5. The van der Waals surface area contributed by atoms with Gasteiger partial charge in [0.1, 0.15) is 17.2 Å². The average Bonchev–Trinajstić information content (AvgIpc) is 2.72. The first kappa shape index (κ1) is 20.9. The first-order chi connectivity index (χ1) is 14.0. The van der Waals surface area contributed by atoms with E-state index in [0.29, 0.717) is 58.6 Å². The molecule has 0 radical (unpaired) electrons. The summed E-state index contributed by atoms with van der Waals surface area (Å²) in [7, 11) is 1.59. The largest absolute Gasteiger partial charge is 0.497 e. The predicted octanol–water partition coefficient (Wildman–Crippen LogP) is 5.22. The number of ether oxygens (including phenoxy) is 3. The van der Waals surface area contributed by atoms with E-state index in [1.165, 1.54) is 0 Å². The highest BCUT2D eigenvalue weighted by molar-refractivity contribution is 6.31. The van der Waals surface area contributed by atoms with E-state index in [1.54, 1.807) is 38.3 Å². The number of nitrogens with zero attached hydrogens (tertiary/aromatic N) is 2. The molecule has 3 rings (SSSR count). The van der Waals surface area contributed by atoms with Gasteiger partial charge in [0.2, 0.25) is 5.88 Å². The van der Waals surface area contributed by atoms with Gasteiger partial charge >= 0.3 is 5.97 Å². The van der Waals surface area contributed by atoms with Gasteiger partial charge in [0.05, 0.1) is 30.7 Å². The maximum absolute atomic E-state index is 12.3. The van der Waals surface area contributed by atoms with Crippen molar-refractivity contribution in [2.75, 3.05) is 13.7 Å². The zero-order valence-corrected chi connectivity index (χ0v) is 17.4. The smallest absolute Gasteiger partial charge is 0.309 e. The molecule has 1 heterocycles. The van der Waals surface area contributed by atoms with Crippen LogP contribution in [0.3, 0.4) is 0 Å². The van der Waals surface area contributed by atoms with E-state index in [2.05, 4.69) is 4.98 Å². The number of hydrogen-bond acceptors (Lipinski definition) is 6. The summed E-state index contributed by atoms with van der Waals surface area (Å²) < 4.78 is 16.5. The molecule has 0 aliphatic carbocycles. The van der Waals surface area contributed by atoms with Crippen LogP contribution in [-0.2, 0) is 16.0 Å². The third kappa shape index (κ3) is 5.15. The van der Waals surface area contributed by atoms with E-state index in [9.17, 15) is 4.79 Å². The van der Waals surface area contributed by atoms with E-state index >= 15 is 0 Å². The summed E-state index contributed by atoms with van der Waals surface area (Å²) in [4.78, 5) is 21.6. The first-order valence-electron chi connectivity index (χ1n) is 9.48. The molecule has 29 heavy (non-hydrogen) atoms. The number of aromatic nitrogens is 2. The van der Waals surface area contributed by atoms with E-state index in [-0.39, 0.29) is 11.9 Å². The number of halogens is 1. The lowest BCUT2D eigenvalue weighted by Gasteiger charge is -2.16. The van der Waals surface area contributed by atoms with E-state index in [0.717, 1.165) is 0 Å². The predicted molar refractivity (Wildman–Crippen MR) is 112 cm³/mol. The Kier molecular flexibility index (Phi) is 6.88. The molecule has 1 atom stereocenters. The lowest BCUT2D eigenvalue weighted by atomic mass is 10.0. The molecule has 1 unspecified atom stereocenters. The van der Waals surface area contributed by atoms with Crippen LogP contribution < -0.4 is 9.47 Å². The van der Waals surface area contributed by atoms with Gasteiger partial charge in [-0.2, -0.15) is 0 Å². The minimum atomic E-state index is -0.339. The van der Waals surface area contributed by atoms with Gasteiger partial charge in [-0.3, -0.25) is 4.79 Å². The van der Waals surface area contributed by atoms with E-state index < -0.39 is 0 Å². The molecule has 0 saturated heterocycles.